The van der Waals surface area contributed by atoms with Crippen LogP contribution in [0.15, 0.2) is 0 Å². The van der Waals surface area contributed by atoms with Gasteiger partial charge in [-0.1, -0.05) is 0 Å². The first-order valence-electron chi connectivity index (χ1n) is 3.76. The standard InChI is InChI=1S/C7H13N2/c1-2-7(1)9-5-3-8-4-6-9/h5,7-8H,1-4,6H2. The van der Waals surface area contributed by atoms with Crippen LogP contribution in [0.25, 0.3) is 0 Å². The second-order valence-electron chi connectivity index (χ2n) is 2.86. The van der Waals surface area contributed by atoms with Crippen molar-refractivity contribution in [3.05, 3.63) is 6.54 Å². The van der Waals surface area contributed by atoms with Gasteiger partial charge in [-0.25, -0.2) is 0 Å². The van der Waals surface area contributed by atoms with Crippen LogP contribution in [0.3, 0.4) is 0 Å². The quantitative estimate of drug-likeness (QED) is 0.539. The van der Waals surface area contributed by atoms with E-state index in [2.05, 4.69) is 16.8 Å². The van der Waals surface area contributed by atoms with Crippen LogP contribution in [0.4, 0.5) is 0 Å². The highest BCUT2D eigenvalue weighted by molar-refractivity contribution is 4.91. The zero-order valence-corrected chi connectivity index (χ0v) is 5.64. The van der Waals surface area contributed by atoms with Gasteiger partial charge >= 0.3 is 0 Å². The second-order valence-corrected chi connectivity index (χ2v) is 2.86. The molecule has 1 aliphatic heterocycles. The number of hydrogen-bond acceptors (Lipinski definition) is 2. The monoisotopic (exact) mass is 125 g/mol. The van der Waals surface area contributed by atoms with Crippen LogP contribution in [0, 0.1) is 6.54 Å². The summed E-state index contributed by atoms with van der Waals surface area (Å²) in [6, 6.07) is 0.923. The van der Waals surface area contributed by atoms with Crippen molar-refractivity contribution in [3.63, 3.8) is 0 Å². The maximum atomic E-state index is 3.30. The van der Waals surface area contributed by atoms with Gasteiger partial charge in [0.2, 0.25) is 0 Å². The van der Waals surface area contributed by atoms with Gasteiger partial charge in [0.1, 0.15) is 0 Å². The fourth-order valence-electron chi connectivity index (χ4n) is 1.32. The molecule has 2 rings (SSSR count). The molecule has 2 aliphatic rings. The molecule has 1 N–H and O–H groups in total. The van der Waals surface area contributed by atoms with Crippen LogP contribution in [-0.4, -0.2) is 30.6 Å². The number of piperazine rings is 1. The Labute approximate surface area is 56.2 Å². The van der Waals surface area contributed by atoms with Gasteiger partial charge in [0.15, 0.2) is 0 Å². The predicted octanol–water partition coefficient (Wildman–Crippen LogP) is 0.216. The second kappa shape index (κ2) is 2.27. The lowest BCUT2D eigenvalue weighted by molar-refractivity contribution is 0.284. The highest BCUT2D eigenvalue weighted by atomic mass is 15.2. The number of nitrogens with zero attached hydrogens (tertiary/aromatic N) is 1. The smallest absolute Gasteiger partial charge is 0.0392 e. The molecule has 0 aromatic heterocycles. The Balaban J connectivity index is 1.80. The van der Waals surface area contributed by atoms with E-state index in [-0.39, 0.29) is 0 Å². The molecule has 2 fully saturated rings. The fraction of sp³-hybridized carbons (Fsp3) is 0.857. The maximum absolute atomic E-state index is 3.30. The van der Waals surface area contributed by atoms with Crippen molar-refractivity contribution in [3.8, 4) is 0 Å². The van der Waals surface area contributed by atoms with E-state index in [4.69, 9.17) is 0 Å². The molecule has 0 spiro atoms. The number of rotatable bonds is 1. The Bertz CT molecular complexity index is 93.1. The van der Waals surface area contributed by atoms with Crippen molar-refractivity contribution in [2.75, 3.05) is 19.6 Å². The van der Waals surface area contributed by atoms with Crippen LogP contribution in [0.1, 0.15) is 12.8 Å². The van der Waals surface area contributed by atoms with E-state index in [0.717, 1.165) is 12.6 Å². The first kappa shape index (κ1) is 5.69. The average Bonchev–Trinajstić information content (AvgIpc) is 2.71. The third-order valence-corrected chi connectivity index (χ3v) is 2.03. The molecule has 1 aliphatic carbocycles. The van der Waals surface area contributed by atoms with Crippen LogP contribution in [0.5, 0.6) is 0 Å². The molecule has 2 nitrogen and oxygen atoms in total. The lowest BCUT2D eigenvalue weighted by Crippen LogP contribution is -2.40. The molecule has 9 heavy (non-hydrogen) atoms. The summed E-state index contributed by atoms with van der Waals surface area (Å²) in [6.07, 6.45) is 2.85. The van der Waals surface area contributed by atoms with Crippen molar-refractivity contribution < 1.29 is 0 Å². The third kappa shape index (κ3) is 1.25. The van der Waals surface area contributed by atoms with Gasteiger partial charge in [-0.3, -0.25) is 4.90 Å². The summed E-state index contributed by atoms with van der Waals surface area (Å²) in [5, 5.41) is 3.30. The van der Waals surface area contributed by atoms with E-state index in [0.29, 0.717) is 0 Å². The molecule has 0 unspecified atom stereocenters. The lowest BCUT2D eigenvalue weighted by Gasteiger charge is -2.26. The van der Waals surface area contributed by atoms with Gasteiger partial charge in [-0.15, -0.1) is 0 Å². The van der Waals surface area contributed by atoms with E-state index in [1.54, 1.807) is 0 Å². The van der Waals surface area contributed by atoms with Crippen LogP contribution < -0.4 is 5.32 Å². The van der Waals surface area contributed by atoms with E-state index >= 15 is 0 Å². The molecule has 1 radical (unpaired) electrons. The van der Waals surface area contributed by atoms with Crippen molar-refractivity contribution in [2.24, 2.45) is 0 Å². The average molecular weight is 125 g/mol. The lowest BCUT2D eigenvalue weighted by atomic mass is 10.3. The molecule has 51 valence electrons. The Morgan fingerprint density at radius 3 is 2.89 bits per heavy atom. The van der Waals surface area contributed by atoms with E-state index in [1.807, 2.05) is 0 Å². The van der Waals surface area contributed by atoms with Gasteiger partial charge in [0, 0.05) is 32.2 Å². The van der Waals surface area contributed by atoms with Gasteiger partial charge in [0.05, 0.1) is 0 Å². The maximum Gasteiger partial charge on any atom is 0.0392 e. The molecular weight excluding hydrogens is 112 g/mol. The van der Waals surface area contributed by atoms with Gasteiger partial charge in [0.25, 0.3) is 0 Å². The minimum atomic E-state index is 0.923. The summed E-state index contributed by atoms with van der Waals surface area (Å²) in [5.74, 6) is 0. The summed E-state index contributed by atoms with van der Waals surface area (Å²) in [4.78, 5) is 2.48. The number of hydrogen-bond donors (Lipinski definition) is 1. The summed E-state index contributed by atoms with van der Waals surface area (Å²) < 4.78 is 0. The summed E-state index contributed by atoms with van der Waals surface area (Å²) >= 11 is 0. The summed E-state index contributed by atoms with van der Waals surface area (Å²) in [7, 11) is 0. The summed E-state index contributed by atoms with van der Waals surface area (Å²) in [6.45, 7) is 5.77. The normalized spacial score (nSPS) is 30.7. The molecular formula is C7H13N2. The minimum Gasteiger partial charge on any atom is -0.314 e. The molecule has 0 aromatic rings. The Morgan fingerprint density at radius 2 is 2.33 bits per heavy atom. The van der Waals surface area contributed by atoms with Crippen molar-refractivity contribution in [1.29, 1.82) is 0 Å². The van der Waals surface area contributed by atoms with Gasteiger partial charge < -0.3 is 5.32 Å². The topological polar surface area (TPSA) is 15.3 Å². The SMILES string of the molecule is [CH]1CNCCN1C1CC1. The molecule has 0 atom stereocenters. The van der Waals surface area contributed by atoms with Gasteiger partial charge in [-0.2, -0.15) is 0 Å². The van der Waals surface area contributed by atoms with Crippen molar-refractivity contribution in [2.45, 2.75) is 18.9 Å². The van der Waals surface area contributed by atoms with E-state index < -0.39 is 0 Å². The fourth-order valence-corrected chi connectivity index (χ4v) is 1.32. The molecule has 1 saturated heterocycles. The predicted molar refractivity (Wildman–Crippen MR) is 36.9 cm³/mol. The first-order chi connectivity index (χ1) is 4.47. The highest BCUT2D eigenvalue weighted by Gasteiger charge is 2.29. The van der Waals surface area contributed by atoms with E-state index in [9.17, 15) is 0 Å². The van der Waals surface area contributed by atoms with Gasteiger partial charge in [-0.05, 0) is 12.8 Å². The third-order valence-electron chi connectivity index (χ3n) is 2.03. The van der Waals surface area contributed by atoms with Crippen LogP contribution >= 0.6 is 0 Å². The zero-order chi connectivity index (χ0) is 6.10. The molecule has 0 amide bonds. The largest absolute Gasteiger partial charge is 0.314 e. The molecule has 0 bridgehead atoms. The van der Waals surface area contributed by atoms with E-state index in [1.165, 1.54) is 25.9 Å². The van der Waals surface area contributed by atoms with Crippen molar-refractivity contribution in [1.82, 2.24) is 10.2 Å². The molecule has 2 heteroatoms. The Morgan fingerprint density at radius 1 is 1.44 bits per heavy atom. The molecule has 1 saturated carbocycles. The zero-order valence-electron chi connectivity index (χ0n) is 5.64. The summed E-state index contributed by atoms with van der Waals surface area (Å²) in [5.41, 5.74) is 0. The minimum absolute atomic E-state index is 0.923. The van der Waals surface area contributed by atoms with Crippen LogP contribution in [0.2, 0.25) is 0 Å². The first-order valence-corrected chi connectivity index (χ1v) is 3.76. The molecule has 0 aromatic carbocycles. The van der Waals surface area contributed by atoms with Crippen molar-refractivity contribution >= 4 is 0 Å². The molecule has 1 heterocycles. The number of nitrogens with one attached hydrogen (secondary N) is 1. The van der Waals surface area contributed by atoms with Crippen LogP contribution in [-0.2, 0) is 0 Å². The Hall–Kier alpha value is -0.0800. The Kier molecular flexibility index (Phi) is 1.44. The highest BCUT2D eigenvalue weighted by Crippen LogP contribution is 2.27.